The lowest BCUT2D eigenvalue weighted by Crippen LogP contribution is -2.52. The number of hydrogen-bond acceptors (Lipinski definition) is 27. The van der Waals surface area contributed by atoms with Gasteiger partial charge in [-0.05, 0) is 100 Å². The summed E-state index contributed by atoms with van der Waals surface area (Å²) in [4.78, 5) is 106. The fraction of sp³-hybridized carbons (Fsp3) is 0.440. The normalized spacial score (nSPS) is 21.8. The summed E-state index contributed by atoms with van der Waals surface area (Å²) in [6, 6.07) is 8.91. The number of carbonyl (C=O) groups is 6. The Morgan fingerprint density at radius 2 is 0.861 bits per heavy atom. The number of nitrogens with one attached hydrogen (secondary N) is 3. The van der Waals surface area contributed by atoms with E-state index in [0.29, 0.717) is 118 Å². The fourth-order valence-corrected chi connectivity index (χ4v) is 19.5. The Morgan fingerprint density at radius 3 is 1.19 bits per heavy atom. The number of carboxylic acids is 3. The van der Waals surface area contributed by atoms with Crippen molar-refractivity contribution in [2.45, 2.75) is 114 Å². The molecule has 6 aliphatic rings. The number of aliphatic carboxylic acids is 3. The number of alkyl halides is 4. The average molecular weight is 1860 g/mol. The van der Waals surface area contributed by atoms with Crippen LogP contribution in [0.5, 0.6) is 0 Å². The summed E-state index contributed by atoms with van der Waals surface area (Å²) in [5.41, 5.74) is 3.30. The Bertz CT molecular complexity index is 4450. The van der Waals surface area contributed by atoms with Crippen molar-refractivity contribution in [1.82, 2.24) is 45.6 Å². The average Bonchev–Trinajstić information content (AvgIpc) is 1.48. The maximum atomic E-state index is 14.6. The first-order chi connectivity index (χ1) is 55.1. The summed E-state index contributed by atoms with van der Waals surface area (Å²) >= 11 is 20.9. The molecule has 115 heavy (non-hydrogen) atoms. The van der Waals surface area contributed by atoms with Gasteiger partial charge in [0.1, 0.15) is 47.9 Å². The summed E-state index contributed by atoms with van der Waals surface area (Å²) in [5.74, 6) is -6.76. The number of ether oxygens (including phenoxy) is 3. The number of aliphatic imine (C=N–C) groups is 3. The van der Waals surface area contributed by atoms with Crippen LogP contribution < -0.4 is 16.0 Å². The molecule has 3 aromatic carbocycles. The number of piperidine rings is 3. The molecule has 3 aromatic heterocycles. The van der Waals surface area contributed by atoms with Gasteiger partial charge in [0, 0.05) is 146 Å². The molecule has 9 heterocycles. The van der Waals surface area contributed by atoms with E-state index in [-0.39, 0.29) is 123 Å². The van der Waals surface area contributed by atoms with Crippen LogP contribution in [0.4, 0.5) is 30.7 Å². The molecule has 3 saturated heterocycles. The lowest BCUT2D eigenvalue weighted by atomic mass is 9.94. The molecule has 0 saturated carbocycles. The number of nitrogens with zero attached hydrogens (tertiary/aromatic N) is 9. The third-order valence-corrected chi connectivity index (χ3v) is 25.8. The minimum absolute atomic E-state index is 0.0417. The van der Waals surface area contributed by atoms with Crippen LogP contribution in [-0.2, 0) is 43.0 Å². The number of amidine groups is 3. The Balaban J connectivity index is 0.000000182. The number of carbonyl (C=O) groups excluding carboxylic acids is 3. The lowest BCUT2D eigenvalue weighted by molar-refractivity contribution is -0.139. The smallest absolute Gasteiger partial charge is 0.338 e. The van der Waals surface area contributed by atoms with E-state index >= 15 is 0 Å². The number of likely N-dealkylation sites (tertiary alicyclic amines) is 3. The molecule has 618 valence electrons. The highest BCUT2D eigenvalue weighted by Gasteiger charge is 2.44. The molecule has 40 heteroatoms. The second-order valence-electron chi connectivity index (χ2n) is 26.6. The third kappa shape index (κ3) is 24.9. The molecular weight excluding hydrogens is 1780 g/mol. The van der Waals surface area contributed by atoms with Crippen LogP contribution in [0, 0.1) is 17.5 Å². The monoisotopic (exact) mass is 1860 g/mol. The molecule has 6 aromatic rings. The first-order valence-electron chi connectivity index (χ1n) is 36.2. The van der Waals surface area contributed by atoms with Crippen LogP contribution in [0.15, 0.2) is 147 Å². The number of carboxylic acid groups (broad SMARTS) is 3. The predicted octanol–water partition coefficient (Wildman–Crippen LogP) is 13.9. The Labute approximate surface area is 704 Å². The lowest BCUT2D eigenvalue weighted by Gasteiger charge is -2.40. The summed E-state index contributed by atoms with van der Waals surface area (Å²) in [5, 5.41) is 43.9. The zero-order chi connectivity index (χ0) is 82.6. The maximum absolute atomic E-state index is 14.6. The minimum atomic E-state index is -2.95. The molecule has 0 amide bonds. The molecule has 3 fully saturated rings. The molecule has 0 bridgehead atoms. The molecular formula is C75H80Br2ClF7N12O12S6. The van der Waals surface area contributed by atoms with Crippen LogP contribution in [0.25, 0.3) is 0 Å². The van der Waals surface area contributed by atoms with Gasteiger partial charge in [0.2, 0.25) is 0 Å². The van der Waals surface area contributed by atoms with E-state index in [0.717, 1.165) is 17.8 Å². The molecule has 24 nitrogen and oxygen atoms in total. The van der Waals surface area contributed by atoms with Gasteiger partial charge in [0.25, 0.3) is 5.92 Å². The fourth-order valence-electron chi connectivity index (χ4n) is 13.5. The number of esters is 3. The van der Waals surface area contributed by atoms with Crippen LogP contribution in [-0.4, -0.2) is 228 Å². The number of halogens is 10. The van der Waals surface area contributed by atoms with Crippen LogP contribution in [0.2, 0.25) is 5.02 Å². The van der Waals surface area contributed by atoms with Gasteiger partial charge in [-0.1, -0.05) is 61.7 Å². The number of hydrogen-bond donors (Lipinski definition) is 6. The Kier molecular flexibility index (Phi) is 33.6. The molecule has 0 radical (unpaired) electrons. The van der Waals surface area contributed by atoms with Crippen molar-refractivity contribution in [2.24, 2.45) is 15.0 Å². The highest BCUT2D eigenvalue weighted by atomic mass is 79.9. The number of benzene rings is 3. The van der Waals surface area contributed by atoms with E-state index in [1.54, 1.807) is 66.5 Å². The quantitative estimate of drug-likeness (QED) is 0.0139. The largest absolute Gasteiger partial charge is 0.481 e. The van der Waals surface area contributed by atoms with Gasteiger partial charge in [-0.15, -0.1) is 69.3 Å². The van der Waals surface area contributed by atoms with E-state index in [1.165, 1.54) is 100.0 Å². The Hall–Kier alpha value is -7.31. The highest BCUT2D eigenvalue weighted by Crippen LogP contribution is 2.43. The minimum Gasteiger partial charge on any atom is -0.481 e. The predicted molar refractivity (Wildman–Crippen MR) is 438 cm³/mol. The summed E-state index contributed by atoms with van der Waals surface area (Å²) in [6.45, 7) is 5.38. The van der Waals surface area contributed by atoms with Crippen molar-refractivity contribution in [3.8, 4) is 0 Å². The van der Waals surface area contributed by atoms with Gasteiger partial charge in [-0.2, -0.15) is 0 Å². The number of rotatable bonds is 30. The van der Waals surface area contributed by atoms with Gasteiger partial charge >= 0.3 is 35.8 Å². The standard InChI is InChI=1S/C25H26BrF3N4O4S2.C25H27BrF2N4O4S2.C25H27ClF2N4O4S2/c1-2-37-24(36)20-18(10-33-13-25(28,29)6-5-15(33)11-38-12-19(34)35)31-22(23-30-7-8-39-23)32-21(20)16-4-3-14(27)9-17(16)26;2*1-2-36-25(35)21-19(11-32-10-15(28)3-5-16(32)12-37-13-20(33)34)30-23(24-29-7-8-38-24)31-22(21)17-6-4-14(27)9-18(17)26/h3-4,7-9,15,21H,2,5-6,10-13H2,1H3,(H,31,32)(H,34,35);2*4,6-9,15-16,22H,2-3,5,10-13H2,1H3,(H,30,31)(H,33,34)/t15?,21-;2*15?,16?,22-/m000/s1. The molecule has 0 spiro atoms. The molecule has 12 rings (SSSR count). The number of aromatic nitrogens is 3. The van der Waals surface area contributed by atoms with Crippen molar-refractivity contribution < 1.29 is 89.0 Å². The molecule has 0 aliphatic carbocycles. The summed E-state index contributed by atoms with van der Waals surface area (Å²) in [6.07, 6.45) is 4.52. The van der Waals surface area contributed by atoms with Gasteiger partial charge in [0.05, 0.1) is 60.3 Å². The van der Waals surface area contributed by atoms with Crippen molar-refractivity contribution in [3.05, 3.63) is 186 Å². The van der Waals surface area contributed by atoms with Gasteiger partial charge in [-0.25, -0.2) is 60.1 Å². The molecule has 6 N–H and O–H groups in total. The van der Waals surface area contributed by atoms with E-state index < -0.39 is 96.2 Å². The zero-order valence-electron chi connectivity index (χ0n) is 61.9. The number of thiazole rings is 3. The second-order valence-corrected chi connectivity index (χ2v) is 34.4. The van der Waals surface area contributed by atoms with E-state index in [4.69, 9.17) is 56.1 Å². The van der Waals surface area contributed by atoms with Crippen LogP contribution in [0.1, 0.15) is 109 Å². The van der Waals surface area contributed by atoms with Crippen LogP contribution in [0.3, 0.4) is 0 Å². The van der Waals surface area contributed by atoms with E-state index in [2.05, 4.69) is 62.8 Å². The van der Waals surface area contributed by atoms with Crippen molar-refractivity contribution in [2.75, 3.05) is 93.6 Å². The first kappa shape index (κ1) is 90.0. The van der Waals surface area contributed by atoms with Crippen molar-refractivity contribution in [1.29, 1.82) is 0 Å². The number of thioether (sulfide) groups is 3. The molecule has 5 unspecified atom stereocenters. The third-order valence-electron chi connectivity index (χ3n) is 18.5. The van der Waals surface area contributed by atoms with Gasteiger partial charge in [-0.3, -0.25) is 44.1 Å². The van der Waals surface area contributed by atoms with Gasteiger partial charge in [0.15, 0.2) is 32.5 Å². The second kappa shape index (κ2) is 42.9. The molecule has 8 atom stereocenters. The summed E-state index contributed by atoms with van der Waals surface area (Å²) < 4.78 is 117. The van der Waals surface area contributed by atoms with E-state index in [9.17, 15) is 59.5 Å². The van der Waals surface area contributed by atoms with Crippen LogP contribution >= 0.6 is 113 Å². The maximum Gasteiger partial charge on any atom is 0.338 e. The highest BCUT2D eigenvalue weighted by molar-refractivity contribution is 9.10. The first-order valence-corrected chi connectivity index (χ1v) is 44.2. The zero-order valence-corrected chi connectivity index (χ0v) is 70.7. The van der Waals surface area contributed by atoms with Crippen molar-refractivity contribution in [3.63, 3.8) is 0 Å². The van der Waals surface area contributed by atoms with E-state index in [1.807, 2.05) is 9.80 Å². The molecule has 6 aliphatic heterocycles. The summed E-state index contributed by atoms with van der Waals surface area (Å²) in [7, 11) is 0. The SMILES string of the molecule is CCOC(=O)C1=C(CN2CC(F)(F)CCC2CSCC(=O)O)NC(c2nccs2)=N[C@H]1c1ccc(F)cc1Br.CCOC(=O)C1=C(CN2CC(F)CCC2CSCC(=O)O)NC(c2nccs2)=N[C@H]1c1ccc(F)cc1Br.CCOC(=O)C1=C(CN2CC(F)CCC2CSCC(=O)O)NC(c2nccs2)=N[C@H]1c1ccc(F)cc1Cl. The van der Waals surface area contributed by atoms with Gasteiger partial charge < -0.3 is 45.5 Å². The Morgan fingerprint density at radius 1 is 0.522 bits per heavy atom. The topological polar surface area (TPSA) is 312 Å². The van der Waals surface area contributed by atoms with Crippen molar-refractivity contribution >= 4 is 166 Å².